The molecule has 19 heavy (non-hydrogen) atoms. The number of morpholine rings is 1. The fourth-order valence-corrected chi connectivity index (χ4v) is 2.42. The minimum absolute atomic E-state index is 0.525. The Morgan fingerprint density at radius 1 is 1.47 bits per heavy atom. The van der Waals surface area contributed by atoms with Gasteiger partial charge in [-0.05, 0) is 6.26 Å². The van der Waals surface area contributed by atoms with Gasteiger partial charge in [0.25, 0.3) is 0 Å². The molecule has 1 fully saturated rings. The van der Waals surface area contributed by atoms with Gasteiger partial charge >= 0.3 is 0 Å². The van der Waals surface area contributed by atoms with Crippen LogP contribution >= 0.6 is 11.8 Å². The topological polar surface area (TPSA) is 74.1 Å². The summed E-state index contributed by atoms with van der Waals surface area (Å²) in [7, 11) is 0. The second-order valence-corrected chi connectivity index (χ2v) is 4.89. The number of aromatic nitrogens is 2. The molecule has 7 heteroatoms. The van der Waals surface area contributed by atoms with E-state index in [0.29, 0.717) is 16.4 Å². The molecule has 0 saturated carbocycles. The van der Waals surface area contributed by atoms with Gasteiger partial charge in [-0.3, -0.25) is 4.90 Å². The van der Waals surface area contributed by atoms with Crippen LogP contribution in [-0.4, -0.2) is 60.5 Å². The van der Waals surface area contributed by atoms with Crippen molar-refractivity contribution in [3.8, 4) is 6.07 Å². The highest BCUT2D eigenvalue weighted by Crippen LogP contribution is 2.21. The number of rotatable bonds is 5. The lowest BCUT2D eigenvalue weighted by Gasteiger charge is -2.26. The summed E-state index contributed by atoms with van der Waals surface area (Å²) in [5, 5.41) is 13.1. The van der Waals surface area contributed by atoms with Gasteiger partial charge in [0.2, 0.25) is 0 Å². The monoisotopic (exact) mass is 279 g/mol. The molecule has 102 valence electrons. The molecule has 0 aliphatic carbocycles. The van der Waals surface area contributed by atoms with Gasteiger partial charge in [0.05, 0.1) is 13.2 Å². The summed E-state index contributed by atoms with van der Waals surface area (Å²) >= 11 is 1.46. The summed E-state index contributed by atoms with van der Waals surface area (Å²) < 4.78 is 5.30. The summed E-state index contributed by atoms with van der Waals surface area (Å²) in [5.41, 5.74) is 0.525. The van der Waals surface area contributed by atoms with Crippen LogP contribution in [0.3, 0.4) is 0 Å². The number of ether oxygens (including phenoxy) is 1. The molecule has 1 aliphatic heterocycles. The van der Waals surface area contributed by atoms with Crippen molar-refractivity contribution in [3.05, 3.63) is 11.9 Å². The Hall–Kier alpha value is -1.36. The Bertz CT molecular complexity index is 456. The van der Waals surface area contributed by atoms with Gasteiger partial charge in [0, 0.05) is 26.2 Å². The second-order valence-electron chi connectivity index (χ2n) is 4.10. The van der Waals surface area contributed by atoms with Gasteiger partial charge in [-0.2, -0.15) is 5.26 Å². The largest absolute Gasteiger partial charge is 0.379 e. The van der Waals surface area contributed by atoms with Crippen LogP contribution < -0.4 is 5.32 Å². The predicted molar refractivity (Wildman–Crippen MR) is 74.3 cm³/mol. The van der Waals surface area contributed by atoms with Crippen molar-refractivity contribution in [1.82, 2.24) is 14.9 Å². The van der Waals surface area contributed by atoms with Gasteiger partial charge in [-0.25, -0.2) is 9.97 Å². The maximum Gasteiger partial charge on any atom is 0.148 e. The van der Waals surface area contributed by atoms with Crippen LogP contribution in [0.2, 0.25) is 0 Å². The van der Waals surface area contributed by atoms with Crippen molar-refractivity contribution >= 4 is 17.6 Å². The maximum atomic E-state index is 9.17. The van der Waals surface area contributed by atoms with E-state index in [9.17, 15) is 0 Å². The number of hydrogen-bond donors (Lipinski definition) is 1. The first-order valence-corrected chi connectivity index (χ1v) is 7.40. The summed E-state index contributed by atoms with van der Waals surface area (Å²) in [5.74, 6) is 0.620. The first-order chi connectivity index (χ1) is 9.35. The summed E-state index contributed by atoms with van der Waals surface area (Å²) in [6, 6.07) is 2.16. The normalized spacial score (nSPS) is 16.0. The molecule has 2 rings (SSSR count). The Balaban J connectivity index is 1.90. The van der Waals surface area contributed by atoms with Crippen LogP contribution in [0.15, 0.2) is 11.4 Å². The molecule has 0 radical (unpaired) electrons. The quantitative estimate of drug-likeness (QED) is 0.631. The molecule has 0 spiro atoms. The highest BCUT2D eigenvalue weighted by molar-refractivity contribution is 7.98. The van der Waals surface area contributed by atoms with Crippen molar-refractivity contribution in [2.24, 2.45) is 0 Å². The molecule has 1 saturated heterocycles. The number of anilines is 1. The summed E-state index contributed by atoms with van der Waals surface area (Å²) in [6.07, 6.45) is 3.39. The summed E-state index contributed by atoms with van der Waals surface area (Å²) in [4.78, 5) is 10.6. The highest BCUT2D eigenvalue weighted by atomic mass is 32.2. The Labute approximate surface area is 117 Å². The number of nitriles is 1. The van der Waals surface area contributed by atoms with Crippen LogP contribution in [0.5, 0.6) is 0 Å². The lowest BCUT2D eigenvalue weighted by molar-refractivity contribution is 0.0398. The van der Waals surface area contributed by atoms with Crippen molar-refractivity contribution in [2.45, 2.75) is 5.03 Å². The molecule has 0 atom stereocenters. The molecule has 1 aliphatic rings. The van der Waals surface area contributed by atoms with E-state index in [4.69, 9.17) is 10.00 Å². The van der Waals surface area contributed by atoms with Gasteiger partial charge < -0.3 is 10.1 Å². The molecular formula is C12H17N5OS. The van der Waals surface area contributed by atoms with Gasteiger partial charge in [-0.1, -0.05) is 0 Å². The number of hydrogen-bond acceptors (Lipinski definition) is 7. The SMILES string of the molecule is CSc1ncnc(NCCN2CCOCC2)c1C#N. The molecule has 1 aromatic heterocycles. The molecule has 0 amide bonds. The second kappa shape index (κ2) is 7.28. The smallest absolute Gasteiger partial charge is 0.148 e. The zero-order valence-electron chi connectivity index (χ0n) is 10.9. The molecule has 1 N–H and O–H groups in total. The lowest BCUT2D eigenvalue weighted by atomic mass is 10.3. The molecule has 0 bridgehead atoms. The van der Waals surface area contributed by atoms with E-state index < -0.39 is 0 Å². The Kier molecular flexibility index (Phi) is 5.39. The third-order valence-electron chi connectivity index (χ3n) is 2.94. The molecule has 2 heterocycles. The lowest BCUT2D eigenvalue weighted by Crippen LogP contribution is -2.39. The minimum Gasteiger partial charge on any atom is -0.379 e. The number of nitrogens with one attached hydrogen (secondary N) is 1. The average molecular weight is 279 g/mol. The van der Waals surface area contributed by atoms with E-state index in [1.165, 1.54) is 18.1 Å². The number of nitrogens with zero attached hydrogens (tertiary/aromatic N) is 4. The highest BCUT2D eigenvalue weighted by Gasteiger charge is 2.12. The van der Waals surface area contributed by atoms with E-state index in [1.807, 2.05) is 6.26 Å². The molecular weight excluding hydrogens is 262 g/mol. The molecule has 6 nitrogen and oxygen atoms in total. The first-order valence-electron chi connectivity index (χ1n) is 6.18. The standard InChI is InChI=1S/C12H17N5OS/c1-19-12-10(8-13)11(15-9-16-12)14-2-3-17-4-6-18-7-5-17/h9H,2-7H2,1H3,(H,14,15,16). The molecule has 0 unspecified atom stereocenters. The minimum atomic E-state index is 0.525. The van der Waals surface area contributed by atoms with Crippen molar-refractivity contribution < 1.29 is 4.74 Å². The van der Waals surface area contributed by atoms with E-state index in [0.717, 1.165) is 39.4 Å². The van der Waals surface area contributed by atoms with Crippen molar-refractivity contribution in [3.63, 3.8) is 0 Å². The van der Waals surface area contributed by atoms with E-state index in [1.54, 1.807) is 0 Å². The van der Waals surface area contributed by atoms with E-state index in [-0.39, 0.29) is 0 Å². The van der Waals surface area contributed by atoms with Crippen molar-refractivity contribution in [1.29, 1.82) is 5.26 Å². The zero-order valence-corrected chi connectivity index (χ0v) is 11.7. The van der Waals surface area contributed by atoms with Gasteiger partial charge in [-0.15, -0.1) is 11.8 Å². The zero-order chi connectivity index (χ0) is 13.5. The molecule has 0 aromatic carbocycles. The van der Waals surface area contributed by atoms with Crippen molar-refractivity contribution in [2.75, 3.05) is 51.0 Å². The van der Waals surface area contributed by atoms with Crippen LogP contribution in [0, 0.1) is 11.3 Å². The molecule has 1 aromatic rings. The summed E-state index contributed by atoms with van der Waals surface area (Å²) in [6.45, 7) is 5.22. The third kappa shape index (κ3) is 3.80. The fourth-order valence-electron chi connectivity index (χ4n) is 1.92. The van der Waals surface area contributed by atoms with Crippen LogP contribution in [0.25, 0.3) is 0 Å². The van der Waals surface area contributed by atoms with Crippen LogP contribution in [0.4, 0.5) is 5.82 Å². The maximum absolute atomic E-state index is 9.17. The van der Waals surface area contributed by atoms with Crippen LogP contribution in [-0.2, 0) is 4.74 Å². The third-order valence-corrected chi connectivity index (χ3v) is 3.64. The van der Waals surface area contributed by atoms with Gasteiger partial charge in [0.1, 0.15) is 28.8 Å². The number of thioether (sulfide) groups is 1. The first kappa shape index (κ1) is 14.1. The Morgan fingerprint density at radius 3 is 2.95 bits per heavy atom. The van der Waals surface area contributed by atoms with E-state index >= 15 is 0 Å². The average Bonchev–Trinajstić information content (AvgIpc) is 2.48. The fraction of sp³-hybridized carbons (Fsp3) is 0.583. The Morgan fingerprint density at radius 2 is 2.26 bits per heavy atom. The van der Waals surface area contributed by atoms with Gasteiger partial charge in [0.15, 0.2) is 0 Å². The predicted octanol–water partition coefficient (Wildman–Crippen LogP) is 0.814. The van der Waals surface area contributed by atoms with Crippen LogP contribution in [0.1, 0.15) is 5.56 Å². The van der Waals surface area contributed by atoms with E-state index in [2.05, 4.69) is 26.3 Å².